The lowest BCUT2D eigenvalue weighted by molar-refractivity contribution is 0.104. The highest BCUT2D eigenvalue weighted by Gasteiger charge is 2.12. The van der Waals surface area contributed by atoms with Gasteiger partial charge in [0.1, 0.15) is 23.1 Å². The van der Waals surface area contributed by atoms with Gasteiger partial charge in [0.2, 0.25) is 5.78 Å². The number of nitriles is 1. The molecule has 0 aliphatic carbocycles. The Labute approximate surface area is 139 Å². The summed E-state index contributed by atoms with van der Waals surface area (Å²) in [5.74, 6) is 0.782. The van der Waals surface area contributed by atoms with E-state index in [9.17, 15) is 10.1 Å². The van der Waals surface area contributed by atoms with Crippen LogP contribution >= 0.6 is 11.6 Å². The van der Waals surface area contributed by atoms with Crippen LogP contribution in [0.1, 0.15) is 15.9 Å². The molecule has 2 aromatic carbocycles. The van der Waals surface area contributed by atoms with Crippen molar-refractivity contribution in [3.63, 3.8) is 0 Å². The van der Waals surface area contributed by atoms with E-state index in [0.29, 0.717) is 27.6 Å². The van der Waals surface area contributed by atoms with E-state index in [1.165, 1.54) is 20.3 Å². The summed E-state index contributed by atoms with van der Waals surface area (Å²) in [6.45, 7) is 0. The summed E-state index contributed by atoms with van der Waals surface area (Å²) in [7, 11) is 3.07. The van der Waals surface area contributed by atoms with Gasteiger partial charge in [-0.3, -0.25) is 4.79 Å². The normalized spacial score (nSPS) is 10.8. The third-order valence-electron chi connectivity index (χ3n) is 3.16. The second-order valence-corrected chi connectivity index (χ2v) is 5.09. The lowest BCUT2D eigenvalue weighted by Crippen LogP contribution is -2.01. The number of hydrogen-bond donors (Lipinski definition) is 0. The minimum atomic E-state index is -0.369. The minimum absolute atomic E-state index is 0.0163. The van der Waals surface area contributed by atoms with Gasteiger partial charge >= 0.3 is 0 Å². The van der Waals surface area contributed by atoms with E-state index in [1.807, 2.05) is 6.07 Å². The zero-order chi connectivity index (χ0) is 16.8. The zero-order valence-corrected chi connectivity index (χ0v) is 13.4. The first-order chi connectivity index (χ1) is 11.1. The van der Waals surface area contributed by atoms with Crippen LogP contribution in [0, 0.1) is 11.3 Å². The maximum atomic E-state index is 12.4. The number of nitrogens with zero attached hydrogens (tertiary/aromatic N) is 1. The molecule has 0 aliphatic rings. The van der Waals surface area contributed by atoms with Gasteiger partial charge < -0.3 is 9.47 Å². The van der Waals surface area contributed by atoms with Gasteiger partial charge in [0.15, 0.2) is 0 Å². The number of ketones is 1. The Morgan fingerprint density at radius 1 is 1.09 bits per heavy atom. The predicted octanol–water partition coefficient (Wildman–Crippen LogP) is 4.15. The summed E-state index contributed by atoms with van der Waals surface area (Å²) >= 11 is 5.81. The molecule has 0 radical (unpaired) electrons. The van der Waals surface area contributed by atoms with Crippen LogP contribution in [-0.4, -0.2) is 20.0 Å². The molecule has 0 amide bonds. The van der Waals surface area contributed by atoms with Gasteiger partial charge in [-0.15, -0.1) is 0 Å². The first-order valence-electron chi connectivity index (χ1n) is 6.72. The molecule has 116 valence electrons. The van der Waals surface area contributed by atoms with Crippen LogP contribution in [0.25, 0.3) is 6.08 Å². The van der Waals surface area contributed by atoms with Gasteiger partial charge in [-0.2, -0.15) is 5.26 Å². The van der Waals surface area contributed by atoms with Crippen molar-refractivity contribution in [2.24, 2.45) is 0 Å². The number of hydrogen-bond acceptors (Lipinski definition) is 4. The third-order valence-corrected chi connectivity index (χ3v) is 3.41. The first kappa shape index (κ1) is 16.6. The van der Waals surface area contributed by atoms with Crippen molar-refractivity contribution in [3.05, 3.63) is 64.2 Å². The highest BCUT2D eigenvalue weighted by molar-refractivity contribution is 6.30. The Balaban J connectivity index is 2.40. The van der Waals surface area contributed by atoms with Crippen LogP contribution < -0.4 is 9.47 Å². The maximum Gasteiger partial charge on any atom is 0.203 e. The number of rotatable bonds is 5. The fourth-order valence-corrected chi connectivity index (χ4v) is 2.11. The van der Waals surface area contributed by atoms with Gasteiger partial charge in [-0.1, -0.05) is 11.6 Å². The summed E-state index contributed by atoms with van der Waals surface area (Å²) in [6, 6.07) is 13.5. The van der Waals surface area contributed by atoms with Crippen molar-refractivity contribution in [1.29, 1.82) is 5.26 Å². The Hall–Kier alpha value is -2.77. The van der Waals surface area contributed by atoms with Gasteiger partial charge in [0.25, 0.3) is 0 Å². The average Bonchev–Trinajstić information content (AvgIpc) is 2.59. The lowest BCUT2D eigenvalue weighted by atomic mass is 10.0. The molecule has 0 aliphatic heterocycles. The molecule has 0 N–H and O–H groups in total. The van der Waals surface area contributed by atoms with Crippen LogP contribution in [0.3, 0.4) is 0 Å². The number of carbonyl (C=O) groups is 1. The maximum absolute atomic E-state index is 12.4. The number of Topliss-reactive ketones (excluding diaryl/α,β-unsaturated/α-hetero) is 1. The van der Waals surface area contributed by atoms with E-state index < -0.39 is 0 Å². The van der Waals surface area contributed by atoms with E-state index in [-0.39, 0.29) is 11.4 Å². The van der Waals surface area contributed by atoms with Gasteiger partial charge in [0, 0.05) is 16.7 Å². The predicted molar refractivity (Wildman–Crippen MR) is 88.9 cm³/mol. The van der Waals surface area contributed by atoms with Gasteiger partial charge in [-0.25, -0.2) is 0 Å². The lowest BCUT2D eigenvalue weighted by Gasteiger charge is -2.06. The van der Waals surface area contributed by atoms with E-state index in [2.05, 4.69) is 0 Å². The minimum Gasteiger partial charge on any atom is -0.497 e. The topological polar surface area (TPSA) is 59.3 Å². The Bertz CT molecular complexity index is 767. The monoisotopic (exact) mass is 327 g/mol. The molecule has 0 heterocycles. The van der Waals surface area contributed by atoms with Crippen LogP contribution in [0.5, 0.6) is 11.5 Å². The number of halogens is 1. The highest BCUT2D eigenvalue weighted by atomic mass is 35.5. The molecule has 5 heteroatoms. The average molecular weight is 328 g/mol. The Morgan fingerprint density at radius 3 is 2.13 bits per heavy atom. The molecular formula is C18H14ClNO3. The Morgan fingerprint density at radius 2 is 1.65 bits per heavy atom. The van der Waals surface area contributed by atoms with Crippen LogP contribution in [0.2, 0.25) is 5.02 Å². The molecule has 4 nitrogen and oxygen atoms in total. The fraction of sp³-hybridized carbons (Fsp3) is 0.111. The summed E-state index contributed by atoms with van der Waals surface area (Å²) in [6.07, 6.45) is 1.50. The van der Waals surface area contributed by atoms with Crippen molar-refractivity contribution >= 4 is 23.5 Å². The molecule has 2 aromatic rings. The molecule has 0 spiro atoms. The van der Waals surface area contributed by atoms with Crippen LogP contribution in [0.15, 0.2) is 48.0 Å². The van der Waals surface area contributed by atoms with E-state index >= 15 is 0 Å². The van der Waals surface area contributed by atoms with Crippen molar-refractivity contribution in [2.75, 3.05) is 14.2 Å². The SMILES string of the molecule is COc1cc(/C=C(\C#N)C(=O)c2ccc(Cl)cc2)cc(OC)c1. The zero-order valence-electron chi connectivity index (χ0n) is 12.7. The highest BCUT2D eigenvalue weighted by Crippen LogP contribution is 2.24. The van der Waals surface area contributed by atoms with Crippen molar-refractivity contribution in [3.8, 4) is 17.6 Å². The van der Waals surface area contributed by atoms with Crippen molar-refractivity contribution < 1.29 is 14.3 Å². The Kier molecular flexibility index (Phi) is 5.40. The van der Waals surface area contributed by atoms with Crippen LogP contribution in [0.4, 0.5) is 0 Å². The molecule has 0 aromatic heterocycles. The van der Waals surface area contributed by atoms with E-state index in [4.69, 9.17) is 21.1 Å². The summed E-state index contributed by atoms with van der Waals surface area (Å²) < 4.78 is 10.4. The third kappa shape index (κ3) is 4.12. The summed E-state index contributed by atoms with van der Waals surface area (Å²) in [4.78, 5) is 12.4. The largest absolute Gasteiger partial charge is 0.497 e. The molecule has 0 fully saturated rings. The van der Waals surface area contributed by atoms with E-state index in [1.54, 1.807) is 42.5 Å². The van der Waals surface area contributed by atoms with E-state index in [0.717, 1.165) is 0 Å². The number of carbonyl (C=O) groups excluding carboxylic acids is 1. The number of methoxy groups -OCH3 is 2. The molecule has 0 saturated heterocycles. The number of allylic oxidation sites excluding steroid dienone is 1. The first-order valence-corrected chi connectivity index (χ1v) is 7.10. The van der Waals surface area contributed by atoms with Crippen LogP contribution in [-0.2, 0) is 0 Å². The second kappa shape index (κ2) is 7.48. The standard InChI is InChI=1S/C18H14ClNO3/c1-22-16-8-12(9-17(10-16)23-2)7-14(11-20)18(21)13-3-5-15(19)6-4-13/h3-10H,1-2H3/b14-7+. The summed E-state index contributed by atoms with van der Waals surface area (Å²) in [5.41, 5.74) is 1.06. The summed E-state index contributed by atoms with van der Waals surface area (Å²) in [5, 5.41) is 9.83. The van der Waals surface area contributed by atoms with Crippen molar-refractivity contribution in [1.82, 2.24) is 0 Å². The van der Waals surface area contributed by atoms with Gasteiger partial charge in [-0.05, 0) is 48.0 Å². The fourth-order valence-electron chi connectivity index (χ4n) is 1.98. The van der Waals surface area contributed by atoms with Crippen molar-refractivity contribution in [2.45, 2.75) is 0 Å². The quantitative estimate of drug-likeness (QED) is 0.470. The molecular weight excluding hydrogens is 314 g/mol. The molecule has 0 saturated carbocycles. The molecule has 0 atom stereocenters. The molecule has 23 heavy (non-hydrogen) atoms. The molecule has 0 bridgehead atoms. The smallest absolute Gasteiger partial charge is 0.203 e. The molecule has 2 rings (SSSR count). The second-order valence-electron chi connectivity index (χ2n) is 4.65. The molecule has 0 unspecified atom stereocenters. The number of ether oxygens (including phenoxy) is 2. The number of benzene rings is 2. The van der Waals surface area contributed by atoms with Gasteiger partial charge in [0.05, 0.1) is 14.2 Å².